The fourth-order valence-corrected chi connectivity index (χ4v) is 0.690. The van der Waals surface area contributed by atoms with E-state index >= 15 is 0 Å². The zero-order valence-electron chi connectivity index (χ0n) is 8.76. The first-order chi connectivity index (χ1) is 5.57. The summed E-state index contributed by atoms with van der Waals surface area (Å²) < 4.78 is 0. The third-order valence-electron chi connectivity index (χ3n) is 1.61. The van der Waals surface area contributed by atoms with Crippen molar-refractivity contribution in [2.75, 3.05) is 27.2 Å². The lowest BCUT2D eigenvalue weighted by atomic mass is 10.4. The molecule has 0 aliphatic heterocycles. The van der Waals surface area contributed by atoms with Crippen LogP contribution >= 0.6 is 0 Å². The van der Waals surface area contributed by atoms with Crippen LogP contribution in [-0.4, -0.2) is 43.6 Å². The molecule has 0 heterocycles. The molecule has 3 nitrogen and oxygen atoms in total. The van der Waals surface area contributed by atoms with E-state index in [0.29, 0.717) is 0 Å². The van der Waals surface area contributed by atoms with E-state index in [2.05, 4.69) is 9.98 Å². The van der Waals surface area contributed by atoms with Crippen LogP contribution < -0.4 is 0 Å². The van der Waals surface area contributed by atoms with Crippen molar-refractivity contribution in [3.8, 4) is 0 Å². The minimum absolute atomic E-state index is 0.720. The molecular weight excluding hydrogens is 150 g/mol. The number of rotatable bonds is 3. The van der Waals surface area contributed by atoms with Crippen LogP contribution in [0.15, 0.2) is 9.98 Å². The lowest BCUT2D eigenvalue weighted by Crippen LogP contribution is -2.19. The third kappa shape index (κ3) is 4.88. The highest BCUT2D eigenvalue weighted by Crippen LogP contribution is 1.85. The van der Waals surface area contributed by atoms with Crippen LogP contribution in [0.2, 0.25) is 0 Å². The van der Waals surface area contributed by atoms with Gasteiger partial charge >= 0.3 is 0 Å². The van der Waals surface area contributed by atoms with Gasteiger partial charge < -0.3 is 4.90 Å². The summed E-state index contributed by atoms with van der Waals surface area (Å²) in [5.74, 6) is 1.04. The SMILES string of the molecule is CCN=C(C)CN=C(C)N(C)C. The van der Waals surface area contributed by atoms with E-state index in [0.717, 1.165) is 24.6 Å². The molecule has 0 unspecified atom stereocenters. The van der Waals surface area contributed by atoms with Crippen molar-refractivity contribution in [2.24, 2.45) is 9.98 Å². The number of hydrogen-bond acceptors (Lipinski definition) is 2. The van der Waals surface area contributed by atoms with Gasteiger partial charge in [-0.25, -0.2) is 0 Å². The van der Waals surface area contributed by atoms with Gasteiger partial charge in [-0.1, -0.05) is 0 Å². The maximum absolute atomic E-state index is 4.35. The highest BCUT2D eigenvalue weighted by molar-refractivity contribution is 5.87. The average molecular weight is 169 g/mol. The smallest absolute Gasteiger partial charge is 0.0957 e. The third-order valence-corrected chi connectivity index (χ3v) is 1.61. The minimum Gasteiger partial charge on any atom is -0.367 e. The van der Waals surface area contributed by atoms with Crippen molar-refractivity contribution in [1.82, 2.24) is 4.90 Å². The van der Waals surface area contributed by atoms with Crippen molar-refractivity contribution in [2.45, 2.75) is 20.8 Å². The molecule has 0 aromatic rings. The Morgan fingerprint density at radius 1 is 1.17 bits per heavy atom. The summed E-state index contributed by atoms with van der Waals surface area (Å²) >= 11 is 0. The summed E-state index contributed by atoms with van der Waals surface area (Å²) in [6.45, 7) is 7.61. The molecule has 12 heavy (non-hydrogen) atoms. The predicted octanol–water partition coefficient (Wildman–Crippen LogP) is 1.45. The zero-order valence-corrected chi connectivity index (χ0v) is 8.76. The van der Waals surface area contributed by atoms with Crippen LogP contribution in [0.3, 0.4) is 0 Å². The van der Waals surface area contributed by atoms with Gasteiger partial charge in [-0.05, 0) is 20.8 Å². The van der Waals surface area contributed by atoms with E-state index in [9.17, 15) is 0 Å². The summed E-state index contributed by atoms with van der Waals surface area (Å²) in [5.41, 5.74) is 1.10. The molecule has 0 spiro atoms. The lowest BCUT2D eigenvalue weighted by molar-refractivity contribution is 0.616. The van der Waals surface area contributed by atoms with Gasteiger partial charge in [0.15, 0.2) is 0 Å². The Balaban J connectivity index is 3.95. The Bertz CT molecular complexity index is 180. The fraction of sp³-hybridized carbons (Fsp3) is 0.778. The molecule has 0 radical (unpaired) electrons. The molecule has 3 heteroatoms. The fourth-order valence-electron chi connectivity index (χ4n) is 0.690. The molecule has 70 valence electrons. The molecule has 0 fully saturated rings. The van der Waals surface area contributed by atoms with Crippen LogP contribution in [0, 0.1) is 0 Å². The normalized spacial score (nSPS) is 13.4. The van der Waals surface area contributed by atoms with E-state index in [1.165, 1.54) is 0 Å². The van der Waals surface area contributed by atoms with E-state index in [-0.39, 0.29) is 0 Å². The Labute approximate surface area is 75.2 Å². The van der Waals surface area contributed by atoms with Crippen LogP contribution in [0.5, 0.6) is 0 Å². The van der Waals surface area contributed by atoms with Gasteiger partial charge in [0, 0.05) is 26.4 Å². The molecule has 0 bridgehead atoms. The van der Waals surface area contributed by atoms with Crippen molar-refractivity contribution in [3.05, 3.63) is 0 Å². The maximum atomic E-state index is 4.35. The Hall–Kier alpha value is -0.860. The van der Waals surface area contributed by atoms with Gasteiger partial charge in [-0.15, -0.1) is 0 Å². The molecule has 0 aromatic heterocycles. The summed E-state index contributed by atoms with van der Waals surface area (Å²) in [7, 11) is 3.98. The van der Waals surface area contributed by atoms with Crippen LogP contribution in [0.1, 0.15) is 20.8 Å². The average Bonchev–Trinajstić information content (AvgIpc) is 2.00. The quantitative estimate of drug-likeness (QED) is 0.464. The number of hydrogen-bond donors (Lipinski definition) is 0. The Morgan fingerprint density at radius 2 is 1.75 bits per heavy atom. The van der Waals surface area contributed by atoms with Gasteiger partial charge in [0.2, 0.25) is 0 Å². The standard InChI is InChI=1S/C9H19N3/c1-6-10-8(2)7-11-9(3)12(4)5/h6-7H2,1-5H3. The lowest BCUT2D eigenvalue weighted by Gasteiger charge is -2.10. The molecule has 0 rings (SSSR count). The van der Waals surface area contributed by atoms with E-state index in [1.807, 2.05) is 39.8 Å². The summed E-state index contributed by atoms with van der Waals surface area (Å²) in [6, 6.07) is 0. The molecular formula is C9H19N3. The molecule has 0 aromatic carbocycles. The first-order valence-electron chi connectivity index (χ1n) is 4.26. The van der Waals surface area contributed by atoms with E-state index < -0.39 is 0 Å². The van der Waals surface area contributed by atoms with Crippen LogP contribution in [0.4, 0.5) is 0 Å². The molecule has 0 saturated carbocycles. The van der Waals surface area contributed by atoms with Gasteiger partial charge in [0.1, 0.15) is 0 Å². The molecule has 0 aliphatic rings. The summed E-state index contributed by atoms with van der Waals surface area (Å²) in [4.78, 5) is 10.6. The van der Waals surface area contributed by atoms with Crippen molar-refractivity contribution < 1.29 is 0 Å². The second kappa shape index (κ2) is 5.75. The molecule has 0 saturated heterocycles. The van der Waals surface area contributed by atoms with Gasteiger partial charge in [-0.3, -0.25) is 9.98 Å². The molecule has 0 amide bonds. The highest BCUT2D eigenvalue weighted by atomic mass is 15.1. The van der Waals surface area contributed by atoms with Crippen molar-refractivity contribution in [3.63, 3.8) is 0 Å². The molecule has 0 aliphatic carbocycles. The Morgan fingerprint density at radius 3 is 2.17 bits per heavy atom. The second-order valence-corrected chi connectivity index (χ2v) is 2.97. The first-order valence-corrected chi connectivity index (χ1v) is 4.26. The largest absolute Gasteiger partial charge is 0.367 e. The van der Waals surface area contributed by atoms with E-state index in [4.69, 9.17) is 0 Å². The maximum Gasteiger partial charge on any atom is 0.0957 e. The van der Waals surface area contributed by atoms with Crippen LogP contribution in [-0.2, 0) is 0 Å². The minimum atomic E-state index is 0.720. The van der Waals surface area contributed by atoms with Crippen LogP contribution in [0.25, 0.3) is 0 Å². The molecule has 0 atom stereocenters. The number of nitrogens with zero attached hydrogens (tertiary/aromatic N) is 3. The van der Waals surface area contributed by atoms with Gasteiger partial charge in [0.05, 0.1) is 12.4 Å². The highest BCUT2D eigenvalue weighted by Gasteiger charge is 1.92. The summed E-state index contributed by atoms with van der Waals surface area (Å²) in [6.07, 6.45) is 0. The second-order valence-electron chi connectivity index (χ2n) is 2.97. The van der Waals surface area contributed by atoms with Gasteiger partial charge in [0.25, 0.3) is 0 Å². The topological polar surface area (TPSA) is 28.0 Å². The van der Waals surface area contributed by atoms with E-state index in [1.54, 1.807) is 0 Å². The summed E-state index contributed by atoms with van der Waals surface area (Å²) in [5, 5.41) is 0. The molecule has 0 N–H and O–H groups in total. The number of aliphatic imine (C=N–C) groups is 2. The predicted molar refractivity (Wildman–Crippen MR) is 55.3 cm³/mol. The van der Waals surface area contributed by atoms with Gasteiger partial charge in [-0.2, -0.15) is 0 Å². The zero-order chi connectivity index (χ0) is 9.56. The Kier molecular flexibility index (Phi) is 5.34. The van der Waals surface area contributed by atoms with Crippen molar-refractivity contribution in [1.29, 1.82) is 0 Å². The first kappa shape index (κ1) is 11.1. The number of amidine groups is 1. The van der Waals surface area contributed by atoms with Crippen molar-refractivity contribution >= 4 is 11.5 Å². The monoisotopic (exact) mass is 169 g/mol.